The summed E-state index contributed by atoms with van der Waals surface area (Å²) >= 11 is 0. The minimum atomic E-state index is -1.02. The molecule has 2 N–H and O–H groups in total. The van der Waals surface area contributed by atoms with Crippen molar-refractivity contribution in [1.82, 2.24) is 10.2 Å². The molecule has 0 atom stereocenters. The number of carbonyl (C=O) groups is 2. The average molecular weight is 226 g/mol. The molecule has 1 fully saturated rings. The van der Waals surface area contributed by atoms with Gasteiger partial charge in [-0.1, -0.05) is 6.08 Å². The zero-order chi connectivity index (χ0) is 12.0. The molecule has 0 spiro atoms. The molecule has 5 heteroatoms. The first kappa shape index (κ1) is 12.7. The molecule has 0 aromatic heterocycles. The number of nitrogens with one attached hydrogen (secondary N) is 1. The maximum absolute atomic E-state index is 11.3. The fraction of sp³-hybridized carbons (Fsp3) is 0.636. The Morgan fingerprint density at radius 1 is 1.44 bits per heavy atom. The number of carbonyl (C=O) groups excluding carboxylic acids is 1. The lowest BCUT2D eigenvalue weighted by Gasteiger charge is -2.29. The summed E-state index contributed by atoms with van der Waals surface area (Å²) in [4.78, 5) is 23.6. The lowest BCUT2D eigenvalue weighted by atomic mass is 9.97. The van der Waals surface area contributed by atoms with Crippen molar-refractivity contribution in [3.63, 3.8) is 0 Å². The summed E-state index contributed by atoms with van der Waals surface area (Å²) in [6.45, 7) is 5.49. The van der Waals surface area contributed by atoms with E-state index in [4.69, 9.17) is 5.11 Å². The lowest BCUT2D eigenvalue weighted by molar-refractivity contribution is -0.138. The quantitative estimate of drug-likeness (QED) is 0.652. The van der Waals surface area contributed by atoms with Crippen LogP contribution in [0.15, 0.2) is 12.7 Å². The predicted molar refractivity (Wildman–Crippen MR) is 60.0 cm³/mol. The van der Waals surface area contributed by atoms with E-state index in [0.717, 1.165) is 25.9 Å². The molecular weight excluding hydrogens is 208 g/mol. The third-order valence-corrected chi connectivity index (χ3v) is 2.77. The highest BCUT2D eigenvalue weighted by molar-refractivity contribution is 5.82. The van der Waals surface area contributed by atoms with Crippen LogP contribution < -0.4 is 5.32 Å². The van der Waals surface area contributed by atoms with Crippen molar-refractivity contribution in [1.29, 1.82) is 0 Å². The van der Waals surface area contributed by atoms with Crippen molar-refractivity contribution in [3.8, 4) is 0 Å². The summed E-state index contributed by atoms with van der Waals surface area (Å²) in [5.74, 6) is -0.684. The number of nitrogens with zero attached hydrogens (tertiary/aromatic N) is 1. The van der Waals surface area contributed by atoms with E-state index in [1.54, 1.807) is 0 Å². The molecular formula is C11H18N2O3. The van der Waals surface area contributed by atoms with Crippen molar-refractivity contribution in [2.45, 2.75) is 12.8 Å². The van der Waals surface area contributed by atoms with Gasteiger partial charge in [-0.15, -0.1) is 6.58 Å². The van der Waals surface area contributed by atoms with E-state index in [9.17, 15) is 9.59 Å². The maximum Gasteiger partial charge on any atom is 0.322 e. The molecule has 1 rings (SSSR count). The number of piperidine rings is 1. The summed E-state index contributed by atoms with van der Waals surface area (Å²) in [5.41, 5.74) is 0. The van der Waals surface area contributed by atoms with E-state index >= 15 is 0 Å². The zero-order valence-electron chi connectivity index (χ0n) is 9.32. The van der Waals surface area contributed by atoms with Gasteiger partial charge >= 0.3 is 5.97 Å². The summed E-state index contributed by atoms with van der Waals surface area (Å²) in [5, 5.41) is 10.7. The van der Waals surface area contributed by atoms with Crippen LogP contribution in [0.1, 0.15) is 12.8 Å². The Morgan fingerprint density at radius 3 is 2.56 bits per heavy atom. The van der Waals surface area contributed by atoms with Crippen LogP contribution in [0.4, 0.5) is 0 Å². The number of carboxylic acids is 1. The lowest BCUT2D eigenvalue weighted by Crippen LogP contribution is -2.42. The molecule has 90 valence electrons. The number of aliphatic carboxylic acids is 1. The minimum Gasteiger partial charge on any atom is -0.480 e. The molecule has 1 aliphatic rings. The van der Waals surface area contributed by atoms with Crippen molar-refractivity contribution < 1.29 is 14.7 Å². The van der Waals surface area contributed by atoms with Crippen LogP contribution in [0.5, 0.6) is 0 Å². The van der Waals surface area contributed by atoms with Crippen molar-refractivity contribution in [3.05, 3.63) is 12.7 Å². The van der Waals surface area contributed by atoms with Crippen molar-refractivity contribution in [2.75, 3.05) is 26.2 Å². The van der Waals surface area contributed by atoms with Crippen molar-refractivity contribution in [2.24, 2.45) is 5.92 Å². The second-order valence-corrected chi connectivity index (χ2v) is 4.02. The fourth-order valence-electron chi connectivity index (χ4n) is 1.78. The van der Waals surface area contributed by atoms with E-state index < -0.39 is 5.97 Å². The van der Waals surface area contributed by atoms with Gasteiger partial charge in [0, 0.05) is 0 Å². The van der Waals surface area contributed by atoms with Gasteiger partial charge < -0.3 is 10.4 Å². The highest BCUT2D eigenvalue weighted by Gasteiger charge is 2.18. The average Bonchev–Trinajstić information content (AvgIpc) is 2.27. The number of hydrogen-bond acceptors (Lipinski definition) is 3. The van der Waals surface area contributed by atoms with Crippen LogP contribution in [0.3, 0.4) is 0 Å². The largest absolute Gasteiger partial charge is 0.480 e. The van der Waals surface area contributed by atoms with Gasteiger partial charge in [0.15, 0.2) is 0 Å². The second-order valence-electron chi connectivity index (χ2n) is 4.02. The van der Waals surface area contributed by atoms with Crippen LogP contribution in [0.2, 0.25) is 0 Å². The molecule has 16 heavy (non-hydrogen) atoms. The molecule has 0 saturated carbocycles. The monoisotopic (exact) mass is 226 g/mol. The van der Waals surface area contributed by atoms with Gasteiger partial charge in [-0.3, -0.25) is 14.5 Å². The number of amides is 1. The molecule has 0 bridgehead atoms. The summed E-state index contributed by atoms with van der Waals surface area (Å²) in [7, 11) is 0. The Kier molecular flexibility index (Phi) is 4.98. The smallest absolute Gasteiger partial charge is 0.322 e. The first-order chi connectivity index (χ1) is 7.61. The Labute approximate surface area is 95.1 Å². The number of allylic oxidation sites excluding steroid dienone is 1. The zero-order valence-corrected chi connectivity index (χ0v) is 9.32. The molecule has 0 aromatic rings. The number of hydrogen-bond donors (Lipinski definition) is 2. The van der Waals surface area contributed by atoms with Crippen LogP contribution >= 0.6 is 0 Å². The van der Waals surface area contributed by atoms with E-state index in [0.29, 0.717) is 5.92 Å². The van der Waals surface area contributed by atoms with Crippen molar-refractivity contribution >= 4 is 11.9 Å². The Balaban J connectivity index is 2.20. The normalized spacial score (nSPS) is 18.0. The first-order valence-corrected chi connectivity index (χ1v) is 5.45. The first-order valence-electron chi connectivity index (χ1n) is 5.45. The van der Waals surface area contributed by atoms with Gasteiger partial charge in [0.2, 0.25) is 5.91 Å². The van der Waals surface area contributed by atoms with Gasteiger partial charge in [0.1, 0.15) is 6.54 Å². The summed E-state index contributed by atoms with van der Waals surface area (Å²) < 4.78 is 0. The van der Waals surface area contributed by atoms with Crippen LogP contribution in [0, 0.1) is 5.92 Å². The number of carboxylic acid groups (broad SMARTS) is 1. The Hall–Kier alpha value is -1.36. The molecule has 1 aliphatic heterocycles. The van der Waals surface area contributed by atoms with E-state index in [1.165, 1.54) is 0 Å². The SMILES string of the molecule is C=CC1CCN(CC(=O)NCC(=O)O)CC1. The molecule has 0 aliphatic carbocycles. The fourth-order valence-corrected chi connectivity index (χ4v) is 1.78. The molecule has 5 nitrogen and oxygen atoms in total. The maximum atomic E-state index is 11.3. The second kappa shape index (κ2) is 6.27. The highest BCUT2D eigenvalue weighted by Crippen LogP contribution is 2.16. The van der Waals surface area contributed by atoms with Gasteiger partial charge in [-0.25, -0.2) is 0 Å². The summed E-state index contributed by atoms with van der Waals surface area (Å²) in [6.07, 6.45) is 4.01. The van der Waals surface area contributed by atoms with Gasteiger partial charge in [0.25, 0.3) is 0 Å². The van der Waals surface area contributed by atoms with Gasteiger partial charge in [-0.05, 0) is 31.8 Å². The third-order valence-electron chi connectivity index (χ3n) is 2.77. The Bertz CT molecular complexity index is 270. The number of rotatable bonds is 5. The Morgan fingerprint density at radius 2 is 2.06 bits per heavy atom. The van der Waals surface area contributed by atoms with Gasteiger partial charge in [0.05, 0.1) is 6.54 Å². The molecule has 0 unspecified atom stereocenters. The highest BCUT2D eigenvalue weighted by atomic mass is 16.4. The molecule has 0 aromatic carbocycles. The number of likely N-dealkylation sites (tertiary alicyclic amines) is 1. The predicted octanol–water partition coefficient (Wildman–Crippen LogP) is 0.0852. The van der Waals surface area contributed by atoms with Gasteiger partial charge in [-0.2, -0.15) is 0 Å². The van der Waals surface area contributed by atoms with Crippen LogP contribution in [-0.4, -0.2) is 48.1 Å². The van der Waals surface area contributed by atoms with E-state index in [1.807, 2.05) is 11.0 Å². The molecule has 1 saturated heterocycles. The van der Waals surface area contributed by atoms with Crippen LogP contribution in [0.25, 0.3) is 0 Å². The minimum absolute atomic E-state index is 0.223. The molecule has 0 radical (unpaired) electrons. The summed E-state index contributed by atoms with van der Waals surface area (Å²) in [6, 6.07) is 0. The molecule has 1 amide bonds. The van der Waals surface area contributed by atoms with E-state index in [-0.39, 0.29) is 19.0 Å². The molecule has 1 heterocycles. The standard InChI is InChI=1S/C11H18N2O3/c1-2-9-3-5-13(6-4-9)8-10(14)12-7-11(15)16/h2,9H,1,3-8H2,(H,12,14)(H,15,16). The van der Waals surface area contributed by atoms with E-state index in [2.05, 4.69) is 11.9 Å². The third kappa shape index (κ3) is 4.44. The van der Waals surface area contributed by atoms with Crippen LogP contribution in [-0.2, 0) is 9.59 Å². The topological polar surface area (TPSA) is 69.6 Å².